The Labute approximate surface area is 113 Å². The second-order valence-corrected chi connectivity index (χ2v) is 5.36. The van der Waals surface area contributed by atoms with Gasteiger partial charge in [-0.3, -0.25) is 0 Å². The lowest BCUT2D eigenvalue weighted by atomic mass is 9.93. The Kier molecular flexibility index (Phi) is 3.11. The van der Waals surface area contributed by atoms with E-state index in [1.807, 2.05) is 18.2 Å². The number of hydrogen-bond donors (Lipinski definition) is 0. The average molecular weight is 257 g/mol. The van der Waals surface area contributed by atoms with E-state index in [1.165, 1.54) is 0 Å². The molecule has 0 bridgehead atoms. The zero-order valence-corrected chi connectivity index (χ0v) is 11.5. The molecule has 1 aromatic heterocycles. The van der Waals surface area contributed by atoms with Crippen molar-refractivity contribution in [3.8, 4) is 0 Å². The van der Waals surface area contributed by atoms with E-state index >= 15 is 0 Å². The molecule has 100 valence electrons. The molecular weight excluding hydrogens is 238 g/mol. The summed E-state index contributed by atoms with van der Waals surface area (Å²) in [6.45, 7) is 4.14. The van der Waals surface area contributed by atoms with E-state index in [1.54, 1.807) is 13.4 Å². The number of rotatable bonds is 2. The highest BCUT2D eigenvalue weighted by molar-refractivity contribution is 5.89. The minimum atomic E-state index is 0.0132. The summed E-state index contributed by atoms with van der Waals surface area (Å²) in [5.41, 5.74) is 1.02. The molecular formula is C15H19N3O. The quantitative estimate of drug-likeness (QED) is 0.829. The first kappa shape index (κ1) is 12.4. The van der Waals surface area contributed by atoms with Gasteiger partial charge in [0.15, 0.2) is 0 Å². The Hall–Kier alpha value is -1.68. The van der Waals surface area contributed by atoms with Crippen LogP contribution in [0.3, 0.4) is 0 Å². The number of anilines is 1. The van der Waals surface area contributed by atoms with Crippen molar-refractivity contribution < 1.29 is 4.74 Å². The Morgan fingerprint density at radius 3 is 2.63 bits per heavy atom. The standard InChI is InChI=1S/C15H19N3O/c1-15(19-2)7-9-18(10-8-15)14-12-5-3-4-6-13(12)16-11-17-14/h3-6,11H,7-10H2,1-2H3. The molecule has 2 aromatic rings. The normalized spacial score (nSPS) is 18.7. The van der Waals surface area contributed by atoms with Crippen LogP contribution in [0.4, 0.5) is 5.82 Å². The molecule has 2 heterocycles. The summed E-state index contributed by atoms with van der Waals surface area (Å²) in [6.07, 6.45) is 3.71. The third kappa shape index (κ3) is 2.28. The molecule has 0 saturated carbocycles. The molecule has 0 N–H and O–H groups in total. The molecule has 4 heteroatoms. The Morgan fingerprint density at radius 1 is 1.16 bits per heavy atom. The van der Waals surface area contributed by atoms with Crippen molar-refractivity contribution in [2.75, 3.05) is 25.1 Å². The van der Waals surface area contributed by atoms with Crippen molar-refractivity contribution in [1.29, 1.82) is 0 Å². The third-order valence-electron chi connectivity index (χ3n) is 4.14. The maximum absolute atomic E-state index is 5.59. The summed E-state index contributed by atoms with van der Waals surface area (Å²) >= 11 is 0. The van der Waals surface area contributed by atoms with Crippen molar-refractivity contribution in [2.24, 2.45) is 0 Å². The predicted octanol–water partition coefficient (Wildman–Crippen LogP) is 2.64. The van der Waals surface area contributed by atoms with Crippen LogP contribution in [-0.4, -0.2) is 35.8 Å². The van der Waals surface area contributed by atoms with Gasteiger partial charge in [-0.1, -0.05) is 12.1 Å². The van der Waals surface area contributed by atoms with Crippen LogP contribution in [0.5, 0.6) is 0 Å². The van der Waals surface area contributed by atoms with Crippen LogP contribution in [-0.2, 0) is 4.74 Å². The number of ether oxygens (including phenoxy) is 1. The van der Waals surface area contributed by atoms with Crippen LogP contribution in [0.2, 0.25) is 0 Å². The van der Waals surface area contributed by atoms with Crippen molar-refractivity contribution in [1.82, 2.24) is 9.97 Å². The van der Waals surface area contributed by atoms with Crippen LogP contribution in [0, 0.1) is 0 Å². The molecule has 4 nitrogen and oxygen atoms in total. The fourth-order valence-corrected chi connectivity index (χ4v) is 2.64. The van der Waals surface area contributed by atoms with Crippen LogP contribution in [0.15, 0.2) is 30.6 Å². The Balaban J connectivity index is 1.90. The van der Waals surface area contributed by atoms with Gasteiger partial charge in [-0.15, -0.1) is 0 Å². The number of fused-ring (bicyclic) bond motifs is 1. The lowest BCUT2D eigenvalue weighted by Crippen LogP contribution is -2.44. The van der Waals surface area contributed by atoms with E-state index in [2.05, 4.69) is 27.9 Å². The Bertz CT molecular complexity index is 571. The van der Waals surface area contributed by atoms with E-state index in [0.717, 1.165) is 42.7 Å². The summed E-state index contributed by atoms with van der Waals surface area (Å²) in [6, 6.07) is 8.17. The van der Waals surface area contributed by atoms with Crippen LogP contribution < -0.4 is 4.90 Å². The fourth-order valence-electron chi connectivity index (χ4n) is 2.64. The van der Waals surface area contributed by atoms with E-state index in [9.17, 15) is 0 Å². The molecule has 1 aliphatic heterocycles. The average Bonchev–Trinajstić information content (AvgIpc) is 2.48. The second-order valence-electron chi connectivity index (χ2n) is 5.36. The molecule has 0 radical (unpaired) electrons. The molecule has 1 fully saturated rings. The molecule has 1 aliphatic rings. The van der Waals surface area contributed by atoms with Gasteiger partial charge in [0.2, 0.25) is 0 Å². The maximum atomic E-state index is 5.59. The second kappa shape index (κ2) is 4.78. The summed E-state index contributed by atoms with van der Waals surface area (Å²) in [7, 11) is 1.80. The fraction of sp³-hybridized carbons (Fsp3) is 0.467. The van der Waals surface area contributed by atoms with E-state index < -0.39 is 0 Å². The lowest BCUT2D eigenvalue weighted by Gasteiger charge is -2.39. The zero-order chi connectivity index (χ0) is 13.3. The third-order valence-corrected chi connectivity index (χ3v) is 4.14. The highest BCUT2D eigenvalue weighted by atomic mass is 16.5. The van der Waals surface area contributed by atoms with E-state index in [4.69, 9.17) is 4.74 Å². The van der Waals surface area contributed by atoms with Gasteiger partial charge in [0.05, 0.1) is 11.1 Å². The molecule has 0 amide bonds. The highest BCUT2D eigenvalue weighted by Crippen LogP contribution is 2.30. The zero-order valence-electron chi connectivity index (χ0n) is 11.5. The lowest BCUT2D eigenvalue weighted by molar-refractivity contribution is -0.0133. The minimum absolute atomic E-state index is 0.0132. The Morgan fingerprint density at radius 2 is 1.89 bits per heavy atom. The van der Waals surface area contributed by atoms with Crippen molar-refractivity contribution in [3.05, 3.63) is 30.6 Å². The predicted molar refractivity (Wildman–Crippen MR) is 76.4 cm³/mol. The van der Waals surface area contributed by atoms with Gasteiger partial charge in [-0.25, -0.2) is 9.97 Å². The molecule has 3 rings (SSSR count). The van der Waals surface area contributed by atoms with Crippen molar-refractivity contribution in [2.45, 2.75) is 25.4 Å². The summed E-state index contributed by atoms with van der Waals surface area (Å²) in [4.78, 5) is 11.1. The van der Waals surface area contributed by atoms with Gasteiger partial charge < -0.3 is 9.64 Å². The monoisotopic (exact) mass is 257 g/mol. The first-order valence-corrected chi connectivity index (χ1v) is 6.72. The largest absolute Gasteiger partial charge is 0.378 e. The molecule has 0 unspecified atom stereocenters. The smallest absolute Gasteiger partial charge is 0.139 e. The number of piperidine rings is 1. The van der Waals surface area contributed by atoms with Crippen molar-refractivity contribution in [3.63, 3.8) is 0 Å². The van der Waals surface area contributed by atoms with Gasteiger partial charge in [0.25, 0.3) is 0 Å². The first-order valence-electron chi connectivity index (χ1n) is 6.72. The SMILES string of the molecule is COC1(C)CCN(c2ncnc3ccccc23)CC1. The summed E-state index contributed by atoms with van der Waals surface area (Å²) in [5, 5.41) is 1.13. The molecule has 0 spiro atoms. The number of aromatic nitrogens is 2. The number of methoxy groups -OCH3 is 1. The van der Waals surface area contributed by atoms with Crippen LogP contribution in [0.25, 0.3) is 10.9 Å². The number of hydrogen-bond acceptors (Lipinski definition) is 4. The van der Waals surface area contributed by atoms with Gasteiger partial charge in [0.1, 0.15) is 12.1 Å². The topological polar surface area (TPSA) is 38.2 Å². The summed E-state index contributed by atoms with van der Waals surface area (Å²) in [5.74, 6) is 1.05. The van der Waals surface area contributed by atoms with E-state index in [0.29, 0.717) is 0 Å². The number of para-hydroxylation sites is 1. The van der Waals surface area contributed by atoms with Gasteiger partial charge in [0, 0.05) is 25.6 Å². The van der Waals surface area contributed by atoms with Crippen LogP contribution >= 0.6 is 0 Å². The molecule has 0 atom stereocenters. The van der Waals surface area contributed by atoms with E-state index in [-0.39, 0.29) is 5.60 Å². The van der Waals surface area contributed by atoms with Crippen LogP contribution in [0.1, 0.15) is 19.8 Å². The summed E-state index contributed by atoms with van der Waals surface area (Å²) < 4.78 is 5.59. The number of benzene rings is 1. The first-order chi connectivity index (χ1) is 9.22. The molecule has 0 aliphatic carbocycles. The van der Waals surface area contributed by atoms with Gasteiger partial charge in [-0.2, -0.15) is 0 Å². The minimum Gasteiger partial charge on any atom is -0.378 e. The van der Waals surface area contributed by atoms with Crippen molar-refractivity contribution >= 4 is 16.7 Å². The molecule has 1 saturated heterocycles. The molecule has 19 heavy (non-hydrogen) atoms. The van der Waals surface area contributed by atoms with Gasteiger partial charge in [-0.05, 0) is 31.9 Å². The number of nitrogens with zero attached hydrogens (tertiary/aromatic N) is 3. The van der Waals surface area contributed by atoms with Gasteiger partial charge >= 0.3 is 0 Å². The highest BCUT2D eigenvalue weighted by Gasteiger charge is 2.30. The molecule has 1 aromatic carbocycles. The maximum Gasteiger partial charge on any atom is 0.139 e.